The molecule has 1 heterocycles. The van der Waals surface area contributed by atoms with Gasteiger partial charge in [0.25, 0.3) is 0 Å². The fraction of sp³-hybridized carbons (Fsp3) is 0.500. The topological polar surface area (TPSA) is 99.7 Å². The Morgan fingerprint density at radius 2 is 2.17 bits per heavy atom. The monoisotopic (exact) mass is 352 g/mol. The Kier molecular flexibility index (Phi) is 6.19. The van der Waals surface area contributed by atoms with Crippen LogP contribution in [0.3, 0.4) is 0 Å². The van der Waals surface area contributed by atoms with Crippen LogP contribution in [-0.2, 0) is 21.2 Å². The van der Waals surface area contributed by atoms with Gasteiger partial charge in [0.05, 0.1) is 18.1 Å². The largest absolute Gasteiger partial charge is 0.357 e. The van der Waals surface area contributed by atoms with Gasteiger partial charge in [-0.15, -0.1) is 0 Å². The molecule has 1 aliphatic rings. The van der Waals surface area contributed by atoms with Crippen molar-refractivity contribution < 1.29 is 13.2 Å². The maximum absolute atomic E-state index is 11.6. The second-order valence-electron chi connectivity index (χ2n) is 5.82. The van der Waals surface area contributed by atoms with Crippen LogP contribution in [0.15, 0.2) is 29.3 Å². The first-order chi connectivity index (χ1) is 11.4. The Balaban J connectivity index is 2.01. The smallest absolute Gasteiger partial charge is 0.221 e. The van der Waals surface area contributed by atoms with E-state index in [0.717, 1.165) is 11.3 Å². The maximum atomic E-state index is 11.6. The lowest BCUT2D eigenvalue weighted by Crippen LogP contribution is -2.44. The zero-order valence-electron chi connectivity index (χ0n) is 14.0. The Morgan fingerprint density at radius 3 is 2.79 bits per heavy atom. The van der Waals surface area contributed by atoms with Crippen molar-refractivity contribution in [3.05, 3.63) is 29.8 Å². The molecule has 1 aromatic carbocycles. The lowest BCUT2D eigenvalue weighted by Gasteiger charge is -2.15. The van der Waals surface area contributed by atoms with E-state index in [1.165, 1.54) is 6.92 Å². The molecule has 1 amide bonds. The third-order valence-electron chi connectivity index (χ3n) is 3.58. The van der Waals surface area contributed by atoms with Crippen molar-refractivity contribution in [3.8, 4) is 0 Å². The first-order valence-electron chi connectivity index (χ1n) is 8.00. The summed E-state index contributed by atoms with van der Waals surface area (Å²) in [6.07, 6.45) is 0.602. The van der Waals surface area contributed by atoms with E-state index in [1.807, 2.05) is 31.2 Å². The second-order valence-corrected chi connectivity index (χ2v) is 8.05. The molecule has 0 radical (unpaired) electrons. The van der Waals surface area contributed by atoms with Gasteiger partial charge < -0.3 is 16.0 Å². The van der Waals surface area contributed by atoms with Gasteiger partial charge in [-0.3, -0.25) is 4.79 Å². The van der Waals surface area contributed by atoms with Gasteiger partial charge in [-0.25, -0.2) is 13.4 Å². The molecule has 0 spiro atoms. The number of carbonyl (C=O) groups is 1. The third kappa shape index (κ3) is 5.84. The number of guanidine groups is 1. The van der Waals surface area contributed by atoms with Crippen LogP contribution < -0.4 is 16.0 Å². The molecule has 2 rings (SSSR count). The summed E-state index contributed by atoms with van der Waals surface area (Å²) in [4.78, 5) is 15.6. The highest BCUT2D eigenvalue weighted by Crippen LogP contribution is 2.13. The molecule has 3 N–H and O–H groups in total. The summed E-state index contributed by atoms with van der Waals surface area (Å²) in [7, 11) is -2.93. The number of anilines is 1. The van der Waals surface area contributed by atoms with Crippen LogP contribution in [0.5, 0.6) is 0 Å². The summed E-state index contributed by atoms with van der Waals surface area (Å²) in [6.45, 7) is 4.55. The fourth-order valence-electron chi connectivity index (χ4n) is 2.54. The first-order valence-corrected chi connectivity index (χ1v) is 9.82. The molecule has 1 saturated heterocycles. The number of hydrogen-bond donors (Lipinski definition) is 3. The SMILES string of the molecule is CCNC(=NCc1cccc(NC(C)=O)c1)NC1CCS(=O)(=O)C1. The van der Waals surface area contributed by atoms with Crippen molar-refractivity contribution in [2.24, 2.45) is 4.99 Å². The molecular formula is C16H24N4O3S. The number of carbonyl (C=O) groups excluding carboxylic acids is 1. The Labute approximate surface area is 142 Å². The van der Waals surface area contributed by atoms with E-state index in [0.29, 0.717) is 25.5 Å². The molecular weight excluding hydrogens is 328 g/mol. The molecule has 1 aromatic rings. The van der Waals surface area contributed by atoms with Crippen molar-refractivity contribution in [2.45, 2.75) is 32.9 Å². The van der Waals surface area contributed by atoms with Crippen LogP contribution in [0, 0.1) is 0 Å². The van der Waals surface area contributed by atoms with Gasteiger partial charge in [-0.1, -0.05) is 12.1 Å². The van der Waals surface area contributed by atoms with Gasteiger partial charge in [0.2, 0.25) is 5.91 Å². The van der Waals surface area contributed by atoms with Gasteiger partial charge in [-0.2, -0.15) is 0 Å². The Hall–Kier alpha value is -2.09. The minimum atomic E-state index is -2.93. The van der Waals surface area contributed by atoms with Crippen molar-refractivity contribution in [1.29, 1.82) is 0 Å². The predicted octanol–water partition coefficient (Wildman–Crippen LogP) is 0.887. The highest BCUT2D eigenvalue weighted by molar-refractivity contribution is 7.91. The molecule has 24 heavy (non-hydrogen) atoms. The number of benzene rings is 1. The molecule has 0 bridgehead atoms. The summed E-state index contributed by atoms with van der Waals surface area (Å²) in [6, 6.07) is 7.38. The fourth-order valence-corrected chi connectivity index (χ4v) is 4.22. The van der Waals surface area contributed by atoms with E-state index in [4.69, 9.17) is 0 Å². The summed E-state index contributed by atoms with van der Waals surface area (Å²) in [5, 5.41) is 9.05. The quantitative estimate of drug-likeness (QED) is 0.540. The molecule has 7 nitrogen and oxygen atoms in total. The third-order valence-corrected chi connectivity index (χ3v) is 5.35. The van der Waals surface area contributed by atoms with Crippen molar-refractivity contribution in [1.82, 2.24) is 10.6 Å². The van der Waals surface area contributed by atoms with E-state index >= 15 is 0 Å². The number of hydrogen-bond acceptors (Lipinski definition) is 4. The average molecular weight is 352 g/mol. The van der Waals surface area contributed by atoms with Crippen molar-refractivity contribution in [2.75, 3.05) is 23.4 Å². The molecule has 1 aliphatic heterocycles. The molecule has 0 aliphatic carbocycles. The summed E-state index contributed by atoms with van der Waals surface area (Å²) in [5.74, 6) is 0.857. The van der Waals surface area contributed by atoms with Crippen molar-refractivity contribution >= 4 is 27.4 Å². The van der Waals surface area contributed by atoms with Crippen LogP contribution in [0.1, 0.15) is 25.8 Å². The van der Waals surface area contributed by atoms with Crippen molar-refractivity contribution in [3.63, 3.8) is 0 Å². The van der Waals surface area contributed by atoms with E-state index in [9.17, 15) is 13.2 Å². The van der Waals surface area contributed by atoms with Gasteiger partial charge in [-0.05, 0) is 31.0 Å². The maximum Gasteiger partial charge on any atom is 0.221 e. The van der Waals surface area contributed by atoms with E-state index < -0.39 is 9.84 Å². The Bertz CT molecular complexity index is 716. The Morgan fingerprint density at radius 1 is 1.38 bits per heavy atom. The highest BCUT2D eigenvalue weighted by atomic mass is 32.2. The molecule has 1 fully saturated rings. The highest BCUT2D eigenvalue weighted by Gasteiger charge is 2.28. The van der Waals surface area contributed by atoms with Crippen LogP contribution in [0.25, 0.3) is 0 Å². The summed E-state index contributed by atoms with van der Waals surface area (Å²) < 4.78 is 23.1. The standard InChI is InChI=1S/C16H24N4O3S/c1-3-17-16(20-15-7-8-24(22,23)11-15)18-10-13-5-4-6-14(9-13)19-12(2)21/h4-6,9,15H,3,7-8,10-11H2,1-2H3,(H,19,21)(H2,17,18,20). The second kappa shape index (κ2) is 8.14. The normalized spacial score (nSPS) is 19.8. The molecule has 1 unspecified atom stereocenters. The number of rotatable bonds is 5. The number of nitrogens with one attached hydrogen (secondary N) is 3. The average Bonchev–Trinajstić information content (AvgIpc) is 2.84. The molecule has 0 aromatic heterocycles. The number of nitrogens with zero attached hydrogens (tertiary/aromatic N) is 1. The number of amides is 1. The van der Waals surface area contributed by atoms with Gasteiger partial charge in [0.15, 0.2) is 15.8 Å². The van der Waals surface area contributed by atoms with Gasteiger partial charge in [0, 0.05) is 25.2 Å². The predicted molar refractivity (Wildman–Crippen MR) is 95.8 cm³/mol. The first kappa shape index (κ1) is 18.3. The molecule has 0 saturated carbocycles. The van der Waals surface area contributed by atoms with E-state index in [2.05, 4.69) is 20.9 Å². The zero-order valence-corrected chi connectivity index (χ0v) is 14.8. The lowest BCUT2D eigenvalue weighted by atomic mass is 10.2. The van der Waals surface area contributed by atoms with Crippen LogP contribution in [-0.4, -0.2) is 44.4 Å². The van der Waals surface area contributed by atoms with Crippen LogP contribution in [0.2, 0.25) is 0 Å². The van der Waals surface area contributed by atoms with Crippen LogP contribution in [0.4, 0.5) is 5.69 Å². The van der Waals surface area contributed by atoms with Crippen LogP contribution >= 0.6 is 0 Å². The molecule has 8 heteroatoms. The number of sulfone groups is 1. The van der Waals surface area contributed by atoms with Gasteiger partial charge >= 0.3 is 0 Å². The summed E-state index contributed by atoms with van der Waals surface area (Å²) in [5.41, 5.74) is 1.69. The zero-order chi connectivity index (χ0) is 17.6. The minimum absolute atomic E-state index is 0.0986. The van der Waals surface area contributed by atoms with Gasteiger partial charge in [0.1, 0.15) is 0 Å². The van der Waals surface area contributed by atoms with E-state index in [1.54, 1.807) is 0 Å². The summed E-state index contributed by atoms with van der Waals surface area (Å²) >= 11 is 0. The number of aliphatic imine (C=N–C) groups is 1. The minimum Gasteiger partial charge on any atom is -0.357 e. The van der Waals surface area contributed by atoms with E-state index in [-0.39, 0.29) is 23.5 Å². The lowest BCUT2D eigenvalue weighted by molar-refractivity contribution is -0.114. The molecule has 1 atom stereocenters. The molecule has 132 valence electrons.